The van der Waals surface area contributed by atoms with Crippen LogP contribution in [0.4, 0.5) is 0 Å². The number of hydrogen-bond donors (Lipinski definition) is 1. The fourth-order valence-electron chi connectivity index (χ4n) is 1.94. The molecule has 0 bridgehead atoms. The first-order chi connectivity index (χ1) is 6.99. The van der Waals surface area contributed by atoms with Gasteiger partial charge in [0.1, 0.15) is 0 Å². The molecular weight excluding hydrogens is 190 g/mol. The fraction of sp³-hybridized carbons (Fsp3) is 0.500. The molecule has 0 aliphatic heterocycles. The predicted octanol–water partition coefficient (Wildman–Crippen LogP) is 2.77. The van der Waals surface area contributed by atoms with Crippen molar-refractivity contribution in [1.82, 2.24) is 4.98 Å². The van der Waals surface area contributed by atoms with Gasteiger partial charge in [0, 0.05) is 11.9 Å². The van der Waals surface area contributed by atoms with Gasteiger partial charge in [0.25, 0.3) is 0 Å². The third-order valence-corrected chi connectivity index (χ3v) is 2.62. The Kier molecular flexibility index (Phi) is 3.45. The van der Waals surface area contributed by atoms with Crippen LogP contribution < -0.4 is 0 Å². The van der Waals surface area contributed by atoms with Crippen molar-refractivity contribution in [3.05, 3.63) is 28.6 Å². The number of aromatic carboxylic acids is 1. The highest BCUT2D eigenvalue weighted by Gasteiger charge is 2.17. The molecule has 0 amide bonds. The standard InChI is InChI=1S/C12H17NO2/c1-5-10-8(4)11(7(2)3)9(6-13-10)12(14)15/h6-7H,5H2,1-4H3,(H,14,15). The third-order valence-electron chi connectivity index (χ3n) is 2.62. The first-order valence-corrected chi connectivity index (χ1v) is 5.20. The van der Waals surface area contributed by atoms with E-state index in [1.165, 1.54) is 6.20 Å². The lowest BCUT2D eigenvalue weighted by Crippen LogP contribution is -2.09. The summed E-state index contributed by atoms with van der Waals surface area (Å²) in [6.07, 6.45) is 2.31. The number of carbonyl (C=O) groups is 1. The SMILES string of the molecule is CCc1ncc(C(=O)O)c(C(C)C)c1C. The molecule has 0 saturated heterocycles. The van der Waals surface area contributed by atoms with Gasteiger partial charge < -0.3 is 5.11 Å². The number of carboxylic acids is 1. The first kappa shape index (κ1) is 11.7. The van der Waals surface area contributed by atoms with E-state index in [-0.39, 0.29) is 5.92 Å². The zero-order valence-corrected chi connectivity index (χ0v) is 9.66. The summed E-state index contributed by atoms with van der Waals surface area (Å²) < 4.78 is 0. The second kappa shape index (κ2) is 4.43. The Labute approximate surface area is 90.2 Å². The van der Waals surface area contributed by atoms with Gasteiger partial charge in [-0.2, -0.15) is 0 Å². The van der Waals surface area contributed by atoms with Crippen molar-refractivity contribution < 1.29 is 9.90 Å². The minimum atomic E-state index is -0.892. The predicted molar refractivity (Wildman–Crippen MR) is 59.4 cm³/mol. The lowest BCUT2D eigenvalue weighted by Gasteiger charge is -2.15. The van der Waals surface area contributed by atoms with Gasteiger partial charge in [-0.1, -0.05) is 20.8 Å². The van der Waals surface area contributed by atoms with E-state index in [1.54, 1.807) is 0 Å². The summed E-state index contributed by atoms with van der Waals surface area (Å²) in [4.78, 5) is 15.2. The summed E-state index contributed by atoms with van der Waals surface area (Å²) in [6, 6.07) is 0. The largest absolute Gasteiger partial charge is 0.478 e. The lowest BCUT2D eigenvalue weighted by atomic mass is 9.92. The summed E-state index contributed by atoms with van der Waals surface area (Å²) in [5, 5.41) is 9.06. The third kappa shape index (κ3) is 2.17. The molecule has 0 fully saturated rings. The van der Waals surface area contributed by atoms with Crippen LogP contribution in [0.25, 0.3) is 0 Å². The molecule has 0 aliphatic rings. The normalized spacial score (nSPS) is 10.7. The zero-order chi connectivity index (χ0) is 11.6. The van der Waals surface area contributed by atoms with Gasteiger partial charge in [0.05, 0.1) is 5.56 Å². The van der Waals surface area contributed by atoms with Gasteiger partial charge in [-0.25, -0.2) is 4.79 Å². The smallest absolute Gasteiger partial charge is 0.337 e. The second-order valence-corrected chi connectivity index (χ2v) is 3.97. The van der Waals surface area contributed by atoms with Crippen LogP contribution in [0.3, 0.4) is 0 Å². The van der Waals surface area contributed by atoms with E-state index >= 15 is 0 Å². The molecule has 0 aromatic carbocycles. The molecule has 1 rings (SSSR count). The van der Waals surface area contributed by atoms with Crippen molar-refractivity contribution in [1.29, 1.82) is 0 Å². The zero-order valence-electron chi connectivity index (χ0n) is 9.66. The summed E-state index contributed by atoms with van der Waals surface area (Å²) in [7, 11) is 0. The van der Waals surface area contributed by atoms with Gasteiger partial charge >= 0.3 is 5.97 Å². The van der Waals surface area contributed by atoms with E-state index < -0.39 is 5.97 Å². The molecule has 0 radical (unpaired) electrons. The number of aromatic nitrogens is 1. The number of carboxylic acid groups (broad SMARTS) is 1. The Hall–Kier alpha value is -1.38. The van der Waals surface area contributed by atoms with Crippen LogP contribution in [-0.4, -0.2) is 16.1 Å². The monoisotopic (exact) mass is 207 g/mol. The minimum absolute atomic E-state index is 0.212. The summed E-state index contributed by atoms with van der Waals surface area (Å²) in [5.74, 6) is -0.679. The van der Waals surface area contributed by atoms with Crippen molar-refractivity contribution >= 4 is 5.97 Å². The van der Waals surface area contributed by atoms with Gasteiger partial charge in [-0.15, -0.1) is 0 Å². The van der Waals surface area contributed by atoms with Crippen molar-refractivity contribution in [3.63, 3.8) is 0 Å². The van der Waals surface area contributed by atoms with E-state index in [9.17, 15) is 4.79 Å². The molecule has 0 spiro atoms. The van der Waals surface area contributed by atoms with Crippen LogP contribution in [0.1, 0.15) is 53.9 Å². The molecule has 0 unspecified atom stereocenters. The maximum atomic E-state index is 11.0. The average Bonchev–Trinajstić information content (AvgIpc) is 2.16. The lowest BCUT2D eigenvalue weighted by molar-refractivity contribution is 0.0694. The maximum absolute atomic E-state index is 11.0. The molecule has 1 aromatic heterocycles. The van der Waals surface area contributed by atoms with Gasteiger partial charge in [-0.3, -0.25) is 4.98 Å². The molecule has 15 heavy (non-hydrogen) atoms. The molecule has 0 saturated carbocycles. The molecule has 0 aliphatic carbocycles. The molecule has 82 valence electrons. The number of aryl methyl sites for hydroxylation is 1. The molecule has 3 heteroatoms. The van der Waals surface area contributed by atoms with E-state index in [2.05, 4.69) is 4.98 Å². The van der Waals surface area contributed by atoms with Crippen molar-refractivity contribution in [3.8, 4) is 0 Å². The van der Waals surface area contributed by atoms with E-state index in [0.717, 1.165) is 23.2 Å². The Balaban J connectivity index is 3.44. The van der Waals surface area contributed by atoms with Gasteiger partial charge in [-0.05, 0) is 30.4 Å². The molecule has 0 atom stereocenters. The van der Waals surface area contributed by atoms with Gasteiger partial charge in [0.15, 0.2) is 0 Å². The highest BCUT2D eigenvalue weighted by Crippen LogP contribution is 2.25. The first-order valence-electron chi connectivity index (χ1n) is 5.20. The quantitative estimate of drug-likeness (QED) is 0.829. The summed E-state index contributed by atoms with van der Waals surface area (Å²) in [6.45, 7) is 8.00. The Morgan fingerprint density at radius 1 is 1.53 bits per heavy atom. The van der Waals surface area contributed by atoms with Crippen molar-refractivity contribution in [2.24, 2.45) is 0 Å². The van der Waals surface area contributed by atoms with E-state index in [0.29, 0.717) is 5.56 Å². The van der Waals surface area contributed by atoms with Crippen molar-refractivity contribution in [2.45, 2.75) is 40.0 Å². The van der Waals surface area contributed by atoms with Crippen LogP contribution in [0, 0.1) is 6.92 Å². The Morgan fingerprint density at radius 3 is 2.53 bits per heavy atom. The van der Waals surface area contributed by atoms with Crippen LogP contribution in [0.15, 0.2) is 6.20 Å². The van der Waals surface area contributed by atoms with Gasteiger partial charge in [0.2, 0.25) is 0 Å². The number of hydrogen-bond acceptors (Lipinski definition) is 2. The maximum Gasteiger partial charge on any atom is 0.337 e. The van der Waals surface area contributed by atoms with Crippen LogP contribution in [0.5, 0.6) is 0 Å². The fourth-order valence-corrected chi connectivity index (χ4v) is 1.94. The number of pyridine rings is 1. The topological polar surface area (TPSA) is 50.2 Å². The van der Waals surface area contributed by atoms with Crippen LogP contribution in [-0.2, 0) is 6.42 Å². The second-order valence-electron chi connectivity index (χ2n) is 3.97. The summed E-state index contributed by atoms with van der Waals surface area (Å²) in [5.41, 5.74) is 3.25. The highest BCUT2D eigenvalue weighted by atomic mass is 16.4. The number of rotatable bonds is 3. The van der Waals surface area contributed by atoms with Crippen LogP contribution in [0.2, 0.25) is 0 Å². The van der Waals surface area contributed by atoms with Crippen molar-refractivity contribution in [2.75, 3.05) is 0 Å². The molecule has 3 nitrogen and oxygen atoms in total. The van der Waals surface area contributed by atoms with Crippen LogP contribution >= 0.6 is 0 Å². The average molecular weight is 207 g/mol. The molecule has 1 N–H and O–H groups in total. The summed E-state index contributed by atoms with van der Waals surface area (Å²) >= 11 is 0. The molecule has 1 aromatic rings. The van der Waals surface area contributed by atoms with E-state index in [1.807, 2.05) is 27.7 Å². The molecular formula is C12H17NO2. The highest BCUT2D eigenvalue weighted by molar-refractivity contribution is 5.89. The van der Waals surface area contributed by atoms with E-state index in [4.69, 9.17) is 5.11 Å². The molecule has 1 heterocycles. The Bertz CT molecular complexity index is 383. The minimum Gasteiger partial charge on any atom is -0.478 e. The Morgan fingerprint density at radius 2 is 2.13 bits per heavy atom. The number of nitrogens with zero attached hydrogens (tertiary/aromatic N) is 1.